The second-order valence-corrected chi connectivity index (χ2v) is 7.95. The molecule has 2 aliphatic heterocycles. The van der Waals surface area contributed by atoms with Crippen LogP contribution in [0.25, 0.3) is 0 Å². The Kier molecular flexibility index (Phi) is 6.61. The summed E-state index contributed by atoms with van der Waals surface area (Å²) in [7, 11) is 0. The van der Waals surface area contributed by atoms with Gasteiger partial charge in [0.2, 0.25) is 6.29 Å². The number of allylic oxidation sites excluding steroid dienone is 1. The van der Waals surface area contributed by atoms with Gasteiger partial charge in [0.15, 0.2) is 5.76 Å². The summed E-state index contributed by atoms with van der Waals surface area (Å²) in [6.45, 7) is 2.66. The van der Waals surface area contributed by atoms with Crippen LogP contribution in [0.4, 0.5) is 0 Å². The maximum absolute atomic E-state index is 13.0. The smallest absolute Gasteiger partial charge is 0.288 e. The van der Waals surface area contributed by atoms with Crippen molar-refractivity contribution in [2.24, 2.45) is 0 Å². The van der Waals surface area contributed by atoms with E-state index in [1.54, 1.807) is 16.2 Å². The van der Waals surface area contributed by atoms with E-state index in [9.17, 15) is 9.90 Å². The third-order valence-electron chi connectivity index (χ3n) is 5.18. The average Bonchev–Trinajstić information content (AvgIpc) is 3.33. The van der Waals surface area contributed by atoms with E-state index in [0.29, 0.717) is 45.1 Å². The largest absolute Gasteiger partial charge is 0.459 e. The highest BCUT2D eigenvalue weighted by atomic mass is 32.1. The summed E-state index contributed by atoms with van der Waals surface area (Å²) in [4.78, 5) is 14.7. The van der Waals surface area contributed by atoms with E-state index < -0.39 is 6.29 Å². The number of morpholine rings is 1. The van der Waals surface area contributed by atoms with Crippen LogP contribution in [0.2, 0.25) is 0 Å². The summed E-state index contributed by atoms with van der Waals surface area (Å²) in [5, 5.41) is 13.3. The molecule has 6 nitrogen and oxygen atoms in total. The predicted molar refractivity (Wildman–Crippen MR) is 109 cm³/mol. The highest BCUT2D eigenvalue weighted by Crippen LogP contribution is 2.33. The predicted octanol–water partition coefficient (Wildman–Crippen LogP) is 3.03. The van der Waals surface area contributed by atoms with Gasteiger partial charge in [0.1, 0.15) is 0 Å². The highest BCUT2D eigenvalue weighted by molar-refractivity contribution is 7.08. The molecule has 1 N–H and O–H groups in total. The zero-order chi connectivity index (χ0) is 20.1. The summed E-state index contributed by atoms with van der Waals surface area (Å²) < 4.78 is 17.3. The third kappa shape index (κ3) is 5.05. The van der Waals surface area contributed by atoms with Crippen LogP contribution in [0.1, 0.15) is 29.0 Å². The molecule has 7 heteroatoms. The molecule has 0 aliphatic carbocycles. The van der Waals surface area contributed by atoms with Crippen LogP contribution in [0, 0.1) is 0 Å². The van der Waals surface area contributed by atoms with Gasteiger partial charge in [-0.05, 0) is 39.6 Å². The van der Waals surface area contributed by atoms with E-state index in [-0.39, 0.29) is 18.4 Å². The van der Waals surface area contributed by atoms with Crippen molar-refractivity contribution in [2.45, 2.75) is 31.8 Å². The van der Waals surface area contributed by atoms with Gasteiger partial charge in [-0.25, -0.2) is 0 Å². The van der Waals surface area contributed by atoms with Crippen molar-refractivity contribution in [1.82, 2.24) is 4.90 Å². The minimum atomic E-state index is -0.498. The number of hydrogen-bond donors (Lipinski definition) is 1. The quantitative estimate of drug-likeness (QED) is 0.786. The Morgan fingerprint density at radius 1 is 1.17 bits per heavy atom. The molecule has 0 saturated carbocycles. The van der Waals surface area contributed by atoms with Crippen LogP contribution in [0.15, 0.2) is 52.9 Å². The summed E-state index contributed by atoms with van der Waals surface area (Å²) in [5.74, 6) is 0.334. The Balaban J connectivity index is 1.46. The van der Waals surface area contributed by atoms with Gasteiger partial charge in [0, 0.05) is 25.4 Å². The van der Waals surface area contributed by atoms with E-state index in [1.807, 2.05) is 35.7 Å². The maximum atomic E-state index is 13.0. The fourth-order valence-corrected chi connectivity index (χ4v) is 4.21. The average molecular weight is 416 g/mol. The normalized spacial score (nSPS) is 22.1. The molecule has 154 valence electrons. The number of carbonyl (C=O) groups excluding carboxylic acids is 1. The number of benzene rings is 1. The molecule has 0 unspecified atom stereocenters. The third-order valence-corrected chi connectivity index (χ3v) is 5.88. The van der Waals surface area contributed by atoms with E-state index in [4.69, 9.17) is 14.2 Å². The second kappa shape index (κ2) is 9.54. The number of nitrogens with zero attached hydrogens (tertiary/aromatic N) is 1. The monoisotopic (exact) mass is 415 g/mol. The maximum Gasteiger partial charge on any atom is 0.288 e. The second-order valence-electron chi connectivity index (χ2n) is 7.17. The van der Waals surface area contributed by atoms with Crippen LogP contribution in [-0.4, -0.2) is 48.5 Å². The van der Waals surface area contributed by atoms with Crippen LogP contribution in [-0.2, 0) is 32.2 Å². The molecule has 1 aromatic carbocycles. The molecule has 4 rings (SSSR count). The lowest BCUT2D eigenvalue weighted by Gasteiger charge is -2.32. The van der Waals surface area contributed by atoms with Gasteiger partial charge < -0.3 is 24.2 Å². The Bertz CT molecular complexity index is 827. The van der Waals surface area contributed by atoms with E-state index in [1.165, 1.54) is 5.56 Å². The van der Waals surface area contributed by atoms with E-state index >= 15 is 0 Å². The topological polar surface area (TPSA) is 68.2 Å². The fourth-order valence-electron chi connectivity index (χ4n) is 3.48. The zero-order valence-corrected chi connectivity index (χ0v) is 17.0. The molecule has 29 heavy (non-hydrogen) atoms. The van der Waals surface area contributed by atoms with Gasteiger partial charge in [0.25, 0.3) is 5.91 Å². The number of ether oxygens (including phenoxy) is 3. The van der Waals surface area contributed by atoms with Gasteiger partial charge in [-0.2, -0.15) is 11.3 Å². The number of rotatable bonds is 6. The van der Waals surface area contributed by atoms with Crippen molar-refractivity contribution in [3.8, 4) is 0 Å². The van der Waals surface area contributed by atoms with Crippen molar-refractivity contribution in [1.29, 1.82) is 0 Å². The molecule has 1 aromatic heterocycles. The first-order valence-electron chi connectivity index (χ1n) is 9.81. The van der Waals surface area contributed by atoms with Crippen LogP contribution < -0.4 is 0 Å². The first kappa shape index (κ1) is 20.1. The number of aliphatic hydroxyl groups is 1. The number of thiophene rings is 1. The molecule has 2 aromatic rings. The number of amides is 1. The summed E-state index contributed by atoms with van der Waals surface area (Å²) in [5.41, 5.74) is 3.03. The summed E-state index contributed by atoms with van der Waals surface area (Å²) in [6, 6.07) is 9.70. The Labute approximate surface area is 174 Å². The Hall–Kier alpha value is -2.19. The van der Waals surface area contributed by atoms with E-state index in [2.05, 4.69) is 11.4 Å². The molecular formula is C22H25NO5S. The molecule has 2 aliphatic rings. The van der Waals surface area contributed by atoms with Crippen molar-refractivity contribution in [2.75, 3.05) is 26.3 Å². The SMILES string of the molecule is O=C(C1=C[C@H](c2ccsc2)C[C@H](OCc2ccc(CO)cc2)O1)N1CCOCC1. The molecular weight excluding hydrogens is 390 g/mol. The summed E-state index contributed by atoms with van der Waals surface area (Å²) >= 11 is 1.64. The Morgan fingerprint density at radius 2 is 1.93 bits per heavy atom. The fraction of sp³-hybridized carbons (Fsp3) is 0.409. The number of aliphatic hydroxyl groups excluding tert-OH is 1. The summed E-state index contributed by atoms with van der Waals surface area (Å²) in [6.07, 6.45) is 2.09. The van der Waals surface area contributed by atoms with Gasteiger partial charge in [-0.15, -0.1) is 0 Å². The lowest BCUT2D eigenvalue weighted by Crippen LogP contribution is -2.43. The van der Waals surface area contributed by atoms with Crippen molar-refractivity contribution < 1.29 is 24.1 Å². The minimum Gasteiger partial charge on any atom is -0.459 e. The van der Waals surface area contributed by atoms with E-state index in [0.717, 1.165) is 11.1 Å². The van der Waals surface area contributed by atoms with Crippen LogP contribution in [0.3, 0.4) is 0 Å². The van der Waals surface area contributed by atoms with Crippen molar-refractivity contribution in [3.63, 3.8) is 0 Å². The van der Waals surface area contributed by atoms with Crippen LogP contribution >= 0.6 is 11.3 Å². The van der Waals surface area contributed by atoms with Gasteiger partial charge >= 0.3 is 0 Å². The van der Waals surface area contributed by atoms with Gasteiger partial charge in [-0.3, -0.25) is 4.79 Å². The molecule has 0 spiro atoms. The van der Waals surface area contributed by atoms with Crippen molar-refractivity contribution >= 4 is 17.2 Å². The first-order valence-corrected chi connectivity index (χ1v) is 10.7. The van der Waals surface area contributed by atoms with Crippen molar-refractivity contribution in [3.05, 3.63) is 69.6 Å². The van der Waals surface area contributed by atoms with Gasteiger partial charge in [0.05, 0.1) is 26.4 Å². The lowest BCUT2D eigenvalue weighted by molar-refractivity contribution is -0.158. The molecule has 2 atom stereocenters. The highest BCUT2D eigenvalue weighted by Gasteiger charge is 2.31. The van der Waals surface area contributed by atoms with Gasteiger partial charge in [-0.1, -0.05) is 24.3 Å². The van der Waals surface area contributed by atoms with Crippen LogP contribution in [0.5, 0.6) is 0 Å². The first-order chi connectivity index (χ1) is 14.2. The zero-order valence-electron chi connectivity index (χ0n) is 16.2. The number of hydrogen-bond acceptors (Lipinski definition) is 6. The molecule has 0 bridgehead atoms. The minimum absolute atomic E-state index is 0.0208. The molecule has 1 saturated heterocycles. The molecule has 1 amide bonds. The Morgan fingerprint density at radius 3 is 2.62 bits per heavy atom. The molecule has 3 heterocycles. The standard InChI is InChI=1S/C22H25NO5S/c24-13-16-1-3-17(4-2-16)14-27-21-12-19(18-5-10-29-15-18)11-20(28-21)22(25)23-6-8-26-9-7-23/h1-5,10-11,15,19,21,24H,6-9,12-14H2/t19-,21+/m0/s1. The number of carbonyl (C=O) groups is 1. The molecule has 1 fully saturated rings. The molecule has 0 radical (unpaired) electrons. The lowest BCUT2D eigenvalue weighted by atomic mass is 9.95.